The van der Waals surface area contributed by atoms with Crippen molar-refractivity contribution in [2.24, 2.45) is 5.92 Å². The molecule has 0 fully saturated rings. The third kappa shape index (κ3) is 8.49. The Balaban J connectivity index is 3.88. The molecule has 0 heterocycles. The van der Waals surface area contributed by atoms with E-state index in [4.69, 9.17) is 0 Å². The maximum absolute atomic E-state index is 2.46. The number of hydrogen-bond acceptors (Lipinski definition) is 1. The fourth-order valence-corrected chi connectivity index (χ4v) is 1.53. The summed E-state index contributed by atoms with van der Waals surface area (Å²) in [5, 5.41) is 0. The number of nitrogens with zero attached hydrogens (tertiary/aromatic N) is 1. The molecule has 0 radical (unpaired) electrons. The van der Waals surface area contributed by atoms with Crippen molar-refractivity contribution in [2.75, 3.05) is 19.6 Å². The molecular formula is C15H27N. The van der Waals surface area contributed by atoms with Crippen molar-refractivity contribution in [3.63, 3.8) is 0 Å². The summed E-state index contributed by atoms with van der Waals surface area (Å²) in [5.41, 5.74) is 0. The predicted molar refractivity (Wildman–Crippen MR) is 74.7 cm³/mol. The molecular weight excluding hydrogens is 194 g/mol. The largest absolute Gasteiger partial charge is 0.300 e. The normalized spacial score (nSPS) is 14.8. The average molecular weight is 221 g/mol. The standard InChI is InChI=1S/C15H27N/c1-5-8-9-11-15(4)12-10-14-16(7-3)13-6-2/h5,8-12,15H,6-7,13-14H2,1-4H3/b8-5-,11-9-,12-10+. The summed E-state index contributed by atoms with van der Waals surface area (Å²) in [6.07, 6.45) is 14.2. The van der Waals surface area contributed by atoms with Crippen molar-refractivity contribution in [2.45, 2.75) is 34.1 Å². The molecule has 0 saturated carbocycles. The molecule has 1 heteroatoms. The Kier molecular flexibility index (Phi) is 10.1. The van der Waals surface area contributed by atoms with Crippen LogP contribution in [0.3, 0.4) is 0 Å². The minimum absolute atomic E-state index is 0.525. The van der Waals surface area contributed by atoms with Crippen molar-refractivity contribution in [3.05, 3.63) is 36.5 Å². The summed E-state index contributed by atoms with van der Waals surface area (Å²) < 4.78 is 0. The van der Waals surface area contributed by atoms with Crippen LogP contribution in [0.15, 0.2) is 36.5 Å². The minimum Gasteiger partial charge on any atom is -0.300 e. The van der Waals surface area contributed by atoms with Gasteiger partial charge in [0.05, 0.1) is 0 Å². The smallest absolute Gasteiger partial charge is 0.0163 e. The van der Waals surface area contributed by atoms with Crippen molar-refractivity contribution >= 4 is 0 Å². The average Bonchev–Trinajstić information content (AvgIpc) is 2.28. The second-order valence-electron chi connectivity index (χ2n) is 4.09. The molecule has 1 atom stereocenters. The zero-order valence-corrected chi connectivity index (χ0v) is 11.3. The fraction of sp³-hybridized carbons (Fsp3) is 0.600. The van der Waals surface area contributed by atoms with E-state index in [-0.39, 0.29) is 0 Å². The van der Waals surface area contributed by atoms with Gasteiger partial charge in [-0.3, -0.25) is 4.90 Å². The summed E-state index contributed by atoms with van der Waals surface area (Å²) in [7, 11) is 0. The van der Waals surface area contributed by atoms with Crippen LogP contribution in [0.25, 0.3) is 0 Å². The number of likely N-dealkylation sites (N-methyl/N-ethyl adjacent to an activating group) is 1. The lowest BCUT2D eigenvalue weighted by atomic mass is 10.1. The van der Waals surface area contributed by atoms with Gasteiger partial charge in [-0.25, -0.2) is 0 Å². The van der Waals surface area contributed by atoms with E-state index < -0.39 is 0 Å². The Morgan fingerprint density at radius 1 is 1.12 bits per heavy atom. The molecule has 0 N–H and O–H groups in total. The van der Waals surface area contributed by atoms with Crippen LogP contribution in [0.5, 0.6) is 0 Å². The van der Waals surface area contributed by atoms with E-state index in [1.165, 1.54) is 13.0 Å². The lowest BCUT2D eigenvalue weighted by molar-refractivity contribution is 0.319. The number of rotatable bonds is 8. The van der Waals surface area contributed by atoms with Gasteiger partial charge in [-0.2, -0.15) is 0 Å². The molecule has 0 aromatic rings. The Hall–Kier alpha value is -0.820. The highest BCUT2D eigenvalue weighted by Gasteiger charge is 1.96. The van der Waals surface area contributed by atoms with Crippen molar-refractivity contribution in [3.8, 4) is 0 Å². The Bertz CT molecular complexity index is 226. The predicted octanol–water partition coefficient (Wildman–Crippen LogP) is 4.04. The van der Waals surface area contributed by atoms with Gasteiger partial charge in [0.1, 0.15) is 0 Å². The zero-order chi connectivity index (χ0) is 12.2. The first-order valence-corrected chi connectivity index (χ1v) is 6.43. The van der Waals surface area contributed by atoms with Crippen LogP contribution < -0.4 is 0 Å². The first kappa shape index (κ1) is 15.2. The van der Waals surface area contributed by atoms with Gasteiger partial charge in [0, 0.05) is 6.54 Å². The Morgan fingerprint density at radius 2 is 1.88 bits per heavy atom. The molecule has 16 heavy (non-hydrogen) atoms. The molecule has 0 aliphatic carbocycles. The summed E-state index contributed by atoms with van der Waals surface area (Å²) in [5.74, 6) is 0.525. The molecule has 0 amide bonds. The molecule has 0 spiro atoms. The van der Waals surface area contributed by atoms with Gasteiger partial charge in [-0.15, -0.1) is 0 Å². The monoisotopic (exact) mass is 221 g/mol. The maximum atomic E-state index is 2.46. The summed E-state index contributed by atoms with van der Waals surface area (Å²) in [6.45, 7) is 12.1. The highest BCUT2D eigenvalue weighted by molar-refractivity contribution is 5.07. The van der Waals surface area contributed by atoms with Crippen LogP contribution >= 0.6 is 0 Å². The molecule has 1 unspecified atom stereocenters. The number of allylic oxidation sites excluding steroid dienone is 5. The molecule has 0 bridgehead atoms. The molecule has 1 nitrogen and oxygen atoms in total. The van der Waals surface area contributed by atoms with Gasteiger partial charge in [0.25, 0.3) is 0 Å². The Labute approximate surface area is 102 Å². The molecule has 0 rings (SSSR count). The van der Waals surface area contributed by atoms with E-state index >= 15 is 0 Å². The van der Waals surface area contributed by atoms with Crippen molar-refractivity contribution in [1.82, 2.24) is 4.90 Å². The van der Waals surface area contributed by atoms with E-state index in [0.717, 1.165) is 13.1 Å². The lowest BCUT2D eigenvalue weighted by Crippen LogP contribution is -2.24. The van der Waals surface area contributed by atoms with Crippen molar-refractivity contribution in [1.29, 1.82) is 0 Å². The Morgan fingerprint density at radius 3 is 2.44 bits per heavy atom. The van der Waals surface area contributed by atoms with Gasteiger partial charge in [0.2, 0.25) is 0 Å². The van der Waals surface area contributed by atoms with E-state index in [1.54, 1.807) is 0 Å². The van der Waals surface area contributed by atoms with Crippen molar-refractivity contribution < 1.29 is 0 Å². The molecule has 0 aliphatic heterocycles. The highest BCUT2D eigenvalue weighted by atomic mass is 15.1. The van der Waals surface area contributed by atoms with Gasteiger partial charge >= 0.3 is 0 Å². The molecule has 0 aromatic carbocycles. The van der Waals surface area contributed by atoms with Crippen LogP contribution in [0.2, 0.25) is 0 Å². The van der Waals surface area contributed by atoms with E-state index in [1.807, 2.05) is 13.0 Å². The second-order valence-corrected chi connectivity index (χ2v) is 4.09. The SMILES string of the molecule is C/C=C\C=C/C(C)/C=C/CN(CC)CCC. The van der Waals surface area contributed by atoms with Gasteiger partial charge in [-0.05, 0) is 32.4 Å². The third-order valence-corrected chi connectivity index (χ3v) is 2.51. The van der Waals surface area contributed by atoms with Gasteiger partial charge < -0.3 is 0 Å². The quantitative estimate of drug-likeness (QED) is 0.441. The zero-order valence-electron chi connectivity index (χ0n) is 11.3. The fourth-order valence-electron chi connectivity index (χ4n) is 1.53. The van der Waals surface area contributed by atoms with Gasteiger partial charge in [0.15, 0.2) is 0 Å². The summed E-state index contributed by atoms with van der Waals surface area (Å²) in [6, 6.07) is 0. The number of hydrogen-bond donors (Lipinski definition) is 0. The molecule has 0 aromatic heterocycles. The third-order valence-electron chi connectivity index (χ3n) is 2.51. The summed E-state index contributed by atoms with van der Waals surface area (Å²) in [4.78, 5) is 2.46. The minimum atomic E-state index is 0.525. The topological polar surface area (TPSA) is 3.24 Å². The van der Waals surface area contributed by atoms with E-state index in [2.05, 4.69) is 56.1 Å². The molecule has 0 aliphatic rings. The molecule has 0 saturated heterocycles. The van der Waals surface area contributed by atoms with Crippen LogP contribution in [0.1, 0.15) is 34.1 Å². The molecule has 92 valence electrons. The first-order chi connectivity index (χ1) is 7.74. The first-order valence-electron chi connectivity index (χ1n) is 6.43. The van der Waals surface area contributed by atoms with E-state index in [0.29, 0.717) is 5.92 Å². The second kappa shape index (κ2) is 10.7. The van der Waals surface area contributed by atoms with Crippen LogP contribution in [0.4, 0.5) is 0 Å². The van der Waals surface area contributed by atoms with Crippen LogP contribution in [-0.4, -0.2) is 24.5 Å². The van der Waals surface area contributed by atoms with Crippen LogP contribution in [0, 0.1) is 5.92 Å². The maximum Gasteiger partial charge on any atom is 0.0163 e. The van der Waals surface area contributed by atoms with E-state index in [9.17, 15) is 0 Å². The van der Waals surface area contributed by atoms with Gasteiger partial charge in [-0.1, -0.05) is 57.2 Å². The highest BCUT2D eigenvalue weighted by Crippen LogP contribution is 2.00. The summed E-state index contributed by atoms with van der Waals surface area (Å²) >= 11 is 0. The lowest BCUT2D eigenvalue weighted by Gasteiger charge is -2.16. The van der Waals surface area contributed by atoms with Crippen LogP contribution in [-0.2, 0) is 0 Å².